The quantitative estimate of drug-likeness (QED) is 0.0482. The Balaban J connectivity index is 2.01. The van der Waals surface area contributed by atoms with E-state index in [0.29, 0.717) is 11.1 Å². The molecule has 2 aromatic rings. The van der Waals surface area contributed by atoms with Crippen molar-refractivity contribution >= 4 is 59.1 Å². The predicted molar refractivity (Wildman–Crippen MR) is 211 cm³/mol. The standard InChI is InChI=1S/C39H51N9O11/c1-22(2)34(35(41)54)48-36(55)23(3)44-38(57)27(18-24-10-6-4-7-11-24)47-37(56)26(14-15-29(40)49)45-31(51)17-16-30(50)42-20-32(52)43-21-33(53)46-28(39(58)59)19-25-12-8-5-9-13-25/h4-13,16-17,22-23,26-28,34H,14-15,18-21H2,1-3H3,(H2,40,49)(H2,41,54)(H,42,50)(H,43,52)(H,44,57)(H,45,51)(H,46,53)(H,47,56)(H,48,55)(H,58,59). The summed E-state index contributed by atoms with van der Waals surface area (Å²) in [5.41, 5.74) is 11.9. The topological polar surface area (TPSA) is 327 Å². The van der Waals surface area contributed by atoms with Crippen molar-refractivity contribution < 1.29 is 53.1 Å². The van der Waals surface area contributed by atoms with Crippen LogP contribution >= 0.6 is 0 Å². The van der Waals surface area contributed by atoms with Crippen LogP contribution < -0.4 is 48.7 Å². The maximum Gasteiger partial charge on any atom is 0.326 e. The number of aliphatic carboxylic acids is 1. The molecule has 0 heterocycles. The maximum absolute atomic E-state index is 13.5. The molecular formula is C39H51N9O11. The van der Waals surface area contributed by atoms with Crippen molar-refractivity contribution in [2.45, 2.75) is 76.7 Å². The van der Waals surface area contributed by atoms with E-state index in [1.165, 1.54) is 6.92 Å². The average Bonchev–Trinajstić information content (AvgIpc) is 3.18. The number of amides is 9. The fraction of sp³-hybridized carbons (Fsp3) is 0.385. The largest absolute Gasteiger partial charge is 0.480 e. The molecule has 2 rings (SSSR count). The normalized spacial score (nSPS) is 13.4. The molecule has 0 saturated carbocycles. The number of nitrogens with two attached hydrogens (primary N) is 2. The summed E-state index contributed by atoms with van der Waals surface area (Å²) in [4.78, 5) is 124. The first-order chi connectivity index (χ1) is 27.9. The van der Waals surface area contributed by atoms with Gasteiger partial charge in [0.05, 0.1) is 13.1 Å². The van der Waals surface area contributed by atoms with E-state index >= 15 is 0 Å². The van der Waals surface area contributed by atoms with E-state index in [0.717, 1.165) is 12.2 Å². The third kappa shape index (κ3) is 18.6. The third-order valence-electron chi connectivity index (χ3n) is 8.42. The molecule has 9 amide bonds. The van der Waals surface area contributed by atoms with Gasteiger partial charge in [0.25, 0.3) is 0 Å². The second-order valence-electron chi connectivity index (χ2n) is 13.7. The number of carbonyl (C=O) groups excluding carboxylic acids is 9. The van der Waals surface area contributed by atoms with Crippen LogP contribution in [0.25, 0.3) is 0 Å². The highest BCUT2D eigenvalue weighted by Gasteiger charge is 2.30. The van der Waals surface area contributed by atoms with Crippen LogP contribution in [0, 0.1) is 5.92 Å². The van der Waals surface area contributed by atoms with Gasteiger partial charge < -0.3 is 53.8 Å². The summed E-state index contributed by atoms with van der Waals surface area (Å²) in [6, 6.07) is 10.9. The lowest BCUT2D eigenvalue weighted by Crippen LogP contribution is -2.58. The number of benzene rings is 2. The lowest BCUT2D eigenvalue weighted by Gasteiger charge is -2.25. The second kappa shape index (κ2) is 24.5. The highest BCUT2D eigenvalue weighted by Crippen LogP contribution is 2.08. The van der Waals surface area contributed by atoms with Gasteiger partial charge in [-0.25, -0.2) is 4.79 Å². The van der Waals surface area contributed by atoms with Crippen LogP contribution in [0.15, 0.2) is 72.8 Å². The van der Waals surface area contributed by atoms with Crippen molar-refractivity contribution in [1.82, 2.24) is 37.2 Å². The summed E-state index contributed by atoms with van der Waals surface area (Å²) in [6.07, 6.45) is 0.782. The van der Waals surface area contributed by atoms with Gasteiger partial charge >= 0.3 is 5.97 Å². The smallest absolute Gasteiger partial charge is 0.326 e. The van der Waals surface area contributed by atoms with E-state index < -0.39 is 102 Å². The second-order valence-corrected chi connectivity index (χ2v) is 13.7. The summed E-state index contributed by atoms with van der Waals surface area (Å²) >= 11 is 0. The highest BCUT2D eigenvalue weighted by atomic mass is 16.4. The molecule has 20 nitrogen and oxygen atoms in total. The molecule has 59 heavy (non-hydrogen) atoms. The number of carboxylic acid groups (broad SMARTS) is 1. The van der Waals surface area contributed by atoms with E-state index in [4.69, 9.17) is 11.5 Å². The van der Waals surface area contributed by atoms with E-state index in [1.807, 2.05) is 0 Å². The predicted octanol–water partition coefficient (Wildman–Crippen LogP) is -2.80. The molecule has 20 heteroatoms. The van der Waals surface area contributed by atoms with Gasteiger partial charge in [-0.2, -0.15) is 0 Å². The zero-order chi connectivity index (χ0) is 44.1. The molecule has 0 saturated heterocycles. The van der Waals surface area contributed by atoms with Crippen molar-refractivity contribution in [3.63, 3.8) is 0 Å². The van der Waals surface area contributed by atoms with Gasteiger partial charge in [-0.1, -0.05) is 74.5 Å². The Hall–Kier alpha value is -7.12. The van der Waals surface area contributed by atoms with Crippen molar-refractivity contribution in [3.05, 3.63) is 83.9 Å². The van der Waals surface area contributed by atoms with Gasteiger partial charge in [0.15, 0.2) is 0 Å². The first kappa shape index (κ1) is 48.0. The Morgan fingerprint density at radius 1 is 0.593 bits per heavy atom. The minimum atomic E-state index is -1.44. The number of carbonyl (C=O) groups is 10. The van der Waals surface area contributed by atoms with Gasteiger partial charge in [0.1, 0.15) is 30.2 Å². The number of primary amides is 2. The molecule has 0 fully saturated rings. The van der Waals surface area contributed by atoms with Gasteiger partial charge in [0, 0.05) is 31.4 Å². The monoisotopic (exact) mass is 821 g/mol. The van der Waals surface area contributed by atoms with Gasteiger partial charge in [-0.3, -0.25) is 43.2 Å². The molecule has 0 aromatic heterocycles. The van der Waals surface area contributed by atoms with Gasteiger partial charge in [0.2, 0.25) is 53.2 Å². The summed E-state index contributed by atoms with van der Waals surface area (Å²) in [7, 11) is 0. The summed E-state index contributed by atoms with van der Waals surface area (Å²) in [5.74, 6) is -9.08. The van der Waals surface area contributed by atoms with Gasteiger partial charge in [-0.05, 0) is 30.4 Å². The van der Waals surface area contributed by atoms with E-state index in [-0.39, 0.29) is 31.6 Å². The Morgan fingerprint density at radius 3 is 1.64 bits per heavy atom. The van der Waals surface area contributed by atoms with Crippen molar-refractivity contribution in [3.8, 4) is 0 Å². The van der Waals surface area contributed by atoms with Crippen molar-refractivity contribution in [2.75, 3.05) is 13.1 Å². The Bertz CT molecular complexity index is 1860. The molecule has 0 radical (unpaired) electrons. The lowest BCUT2D eigenvalue weighted by atomic mass is 10.0. The van der Waals surface area contributed by atoms with Crippen LogP contribution in [0.1, 0.15) is 44.7 Å². The summed E-state index contributed by atoms with van der Waals surface area (Å²) in [5, 5.41) is 26.0. The van der Waals surface area contributed by atoms with E-state index in [2.05, 4.69) is 37.2 Å². The van der Waals surface area contributed by atoms with Crippen LogP contribution in [-0.2, 0) is 60.8 Å². The van der Waals surface area contributed by atoms with Crippen LogP contribution in [0.2, 0.25) is 0 Å². The average molecular weight is 822 g/mol. The molecule has 0 aliphatic carbocycles. The number of carboxylic acids is 1. The number of hydrogen-bond acceptors (Lipinski definition) is 10. The number of rotatable bonds is 24. The minimum absolute atomic E-state index is 0.00972. The zero-order valence-electron chi connectivity index (χ0n) is 32.8. The Kier molecular flexibility index (Phi) is 19.9. The molecule has 318 valence electrons. The summed E-state index contributed by atoms with van der Waals surface area (Å²) < 4.78 is 0. The van der Waals surface area contributed by atoms with Crippen LogP contribution in [-0.4, -0.2) is 108 Å². The lowest BCUT2D eigenvalue weighted by molar-refractivity contribution is -0.141. The molecule has 0 aliphatic heterocycles. The van der Waals surface area contributed by atoms with Crippen molar-refractivity contribution in [2.24, 2.45) is 17.4 Å². The Labute approximate surface area is 340 Å². The number of nitrogens with one attached hydrogen (secondary N) is 7. The van der Waals surface area contributed by atoms with Crippen molar-refractivity contribution in [1.29, 1.82) is 0 Å². The zero-order valence-corrected chi connectivity index (χ0v) is 32.8. The molecule has 0 spiro atoms. The van der Waals surface area contributed by atoms with E-state index in [1.54, 1.807) is 74.5 Å². The van der Waals surface area contributed by atoms with Gasteiger partial charge in [-0.15, -0.1) is 0 Å². The fourth-order valence-electron chi connectivity index (χ4n) is 5.25. The summed E-state index contributed by atoms with van der Waals surface area (Å²) in [6.45, 7) is 3.50. The molecule has 5 unspecified atom stereocenters. The molecule has 0 aliphatic rings. The van der Waals surface area contributed by atoms with E-state index in [9.17, 15) is 53.1 Å². The Morgan fingerprint density at radius 2 is 1.12 bits per heavy atom. The maximum atomic E-state index is 13.5. The fourth-order valence-corrected chi connectivity index (χ4v) is 5.25. The SMILES string of the molecule is CC(NC(=O)C(Cc1ccccc1)NC(=O)C(CCC(N)=O)NC(=O)C=CC(=O)NCC(=O)NCC(=O)NC(Cc1ccccc1)C(=O)O)C(=O)NC(C(N)=O)C(C)C. The van der Waals surface area contributed by atoms with Crippen LogP contribution in [0.4, 0.5) is 0 Å². The molecule has 12 N–H and O–H groups in total. The first-order valence-corrected chi connectivity index (χ1v) is 18.5. The minimum Gasteiger partial charge on any atom is -0.480 e. The highest BCUT2D eigenvalue weighted by molar-refractivity contribution is 6.00. The first-order valence-electron chi connectivity index (χ1n) is 18.5. The molecule has 5 atom stereocenters. The molecule has 0 bridgehead atoms. The molecular weight excluding hydrogens is 770 g/mol. The third-order valence-corrected chi connectivity index (χ3v) is 8.42. The van der Waals surface area contributed by atoms with Crippen LogP contribution in [0.3, 0.4) is 0 Å². The molecule has 2 aromatic carbocycles. The van der Waals surface area contributed by atoms with Crippen LogP contribution in [0.5, 0.6) is 0 Å². The number of hydrogen-bond donors (Lipinski definition) is 10.